The lowest BCUT2D eigenvalue weighted by Gasteiger charge is -2.30. The van der Waals surface area contributed by atoms with Gasteiger partial charge in [0.2, 0.25) is 0 Å². The van der Waals surface area contributed by atoms with E-state index in [1.807, 2.05) is 26.0 Å². The lowest BCUT2D eigenvalue weighted by Crippen LogP contribution is -2.35. The Hall–Kier alpha value is -2.97. The highest BCUT2D eigenvalue weighted by atomic mass is 16.5. The van der Waals surface area contributed by atoms with Crippen LogP contribution in [0.5, 0.6) is 0 Å². The number of rotatable bonds is 7. The third-order valence-corrected chi connectivity index (χ3v) is 5.41. The average Bonchev–Trinajstić information content (AvgIpc) is 3.02. The zero-order chi connectivity index (χ0) is 21.7. The average molecular weight is 418 g/mol. The molecule has 1 saturated heterocycles. The molecular formula is C21H31N5O4. The number of carbonyl (C=O) groups is 2. The molecule has 0 unspecified atom stereocenters. The lowest BCUT2D eigenvalue weighted by molar-refractivity contribution is -0.141. The van der Waals surface area contributed by atoms with Gasteiger partial charge in [0, 0.05) is 26.2 Å². The van der Waals surface area contributed by atoms with Crippen molar-refractivity contribution in [1.82, 2.24) is 14.5 Å². The predicted octanol–water partition coefficient (Wildman–Crippen LogP) is 2.52. The number of esters is 1. The Morgan fingerprint density at radius 2 is 1.63 bits per heavy atom. The number of nitrogens with one attached hydrogen (secondary N) is 2. The number of carbonyl (C=O) groups excluding carboxylic acids is 2. The third-order valence-electron chi connectivity index (χ3n) is 5.41. The Morgan fingerprint density at radius 3 is 2.23 bits per heavy atom. The second-order valence-corrected chi connectivity index (χ2v) is 7.29. The molecule has 0 atom stereocenters. The van der Waals surface area contributed by atoms with Crippen LogP contribution in [0.4, 0.5) is 16.2 Å². The Morgan fingerprint density at radius 1 is 1.00 bits per heavy atom. The van der Waals surface area contributed by atoms with Gasteiger partial charge < -0.3 is 20.3 Å². The fourth-order valence-corrected chi connectivity index (χ4v) is 3.99. The summed E-state index contributed by atoms with van der Waals surface area (Å²) < 4.78 is 8.32. The molecule has 2 amide bonds. The fraction of sp³-hybridized carbons (Fsp3) is 0.571. The van der Waals surface area contributed by atoms with Crippen molar-refractivity contribution in [2.45, 2.75) is 53.1 Å². The van der Waals surface area contributed by atoms with Crippen LogP contribution >= 0.6 is 0 Å². The molecule has 0 aliphatic carbocycles. The standard InChI is InChI=1S/C21H31N5O4/c1-4-25-17-12-15(23-20(28)22-14-19(27)30-6-3)16(24-10-8-7-9-11-24)13-18(17)26(5-2)21(25)29/h12-13H,4-11,14H2,1-3H3,(H2,22,23,28). The number of imidazole rings is 1. The van der Waals surface area contributed by atoms with E-state index in [1.54, 1.807) is 16.1 Å². The molecule has 1 aliphatic heterocycles. The number of fused-ring (bicyclic) bond motifs is 1. The van der Waals surface area contributed by atoms with Gasteiger partial charge >= 0.3 is 17.7 Å². The molecule has 1 aromatic carbocycles. The summed E-state index contributed by atoms with van der Waals surface area (Å²) in [5.74, 6) is -0.487. The fourth-order valence-electron chi connectivity index (χ4n) is 3.99. The number of urea groups is 1. The van der Waals surface area contributed by atoms with Gasteiger partial charge in [0.05, 0.1) is 29.0 Å². The number of benzene rings is 1. The number of anilines is 2. The molecule has 2 N–H and O–H groups in total. The van der Waals surface area contributed by atoms with Crippen molar-refractivity contribution in [3.63, 3.8) is 0 Å². The summed E-state index contributed by atoms with van der Waals surface area (Å²) >= 11 is 0. The predicted molar refractivity (Wildman–Crippen MR) is 117 cm³/mol. The Bertz CT molecular complexity index is 972. The quantitative estimate of drug-likeness (QED) is 0.675. The van der Waals surface area contributed by atoms with Gasteiger partial charge in [0.25, 0.3) is 0 Å². The maximum absolute atomic E-state index is 12.8. The topological polar surface area (TPSA) is 97.6 Å². The van der Waals surface area contributed by atoms with E-state index in [1.165, 1.54) is 6.42 Å². The molecule has 2 heterocycles. The summed E-state index contributed by atoms with van der Waals surface area (Å²) in [6.45, 7) is 8.58. The molecule has 0 radical (unpaired) electrons. The first-order valence-corrected chi connectivity index (χ1v) is 10.7. The van der Waals surface area contributed by atoms with Crippen LogP contribution in [0, 0.1) is 0 Å². The molecule has 0 bridgehead atoms. The summed E-state index contributed by atoms with van der Waals surface area (Å²) in [5, 5.41) is 5.40. The van der Waals surface area contributed by atoms with Gasteiger partial charge in [0.1, 0.15) is 6.54 Å². The largest absolute Gasteiger partial charge is 0.465 e. The molecule has 9 heteroatoms. The van der Waals surface area contributed by atoms with E-state index in [2.05, 4.69) is 15.5 Å². The zero-order valence-electron chi connectivity index (χ0n) is 18.0. The van der Waals surface area contributed by atoms with Crippen molar-refractivity contribution in [2.75, 3.05) is 36.5 Å². The first-order chi connectivity index (χ1) is 14.5. The SMILES string of the molecule is CCOC(=O)CNC(=O)Nc1cc2c(cc1N1CCCCC1)n(CC)c(=O)n2CC. The second-order valence-electron chi connectivity index (χ2n) is 7.29. The van der Waals surface area contributed by atoms with E-state index in [9.17, 15) is 14.4 Å². The van der Waals surface area contributed by atoms with Crippen molar-refractivity contribution >= 4 is 34.4 Å². The van der Waals surface area contributed by atoms with Gasteiger partial charge in [-0.1, -0.05) is 0 Å². The molecule has 1 aromatic heterocycles. The maximum Gasteiger partial charge on any atom is 0.329 e. The van der Waals surface area contributed by atoms with E-state index in [0.717, 1.165) is 42.7 Å². The number of hydrogen-bond donors (Lipinski definition) is 2. The minimum absolute atomic E-state index is 0.0523. The smallest absolute Gasteiger partial charge is 0.329 e. The monoisotopic (exact) mass is 417 g/mol. The Labute approximate surface area is 176 Å². The van der Waals surface area contributed by atoms with Gasteiger partial charge in [-0.3, -0.25) is 13.9 Å². The highest BCUT2D eigenvalue weighted by Crippen LogP contribution is 2.33. The van der Waals surface area contributed by atoms with Crippen LogP contribution < -0.4 is 21.2 Å². The van der Waals surface area contributed by atoms with Gasteiger partial charge in [-0.15, -0.1) is 0 Å². The number of piperidine rings is 1. The van der Waals surface area contributed by atoms with Crippen molar-refractivity contribution < 1.29 is 14.3 Å². The number of aryl methyl sites for hydroxylation is 2. The molecule has 3 rings (SSSR count). The highest BCUT2D eigenvalue weighted by molar-refractivity contribution is 5.98. The minimum Gasteiger partial charge on any atom is -0.465 e. The molecule has 0 saturated carbocycles. The van der Waals surface area contributed by atoms with Crippen LogP contribution in [0.15, 0.2) is 16.9 Å². The maximum atomic E-state index is 12.8. The highest BCUT2D eigenvalue weighted by Gasteiger charge is 2.21. The lowest BCUT2D eigenvalue weighted by atomic mass is 10.1. The summed E-state index contributed by atoms with van der Waals surface area (Å²) in [4.78, 5) is 39.0. The zero-order valence-corrected chi connectivity index (χ0v) is 18.0. The van der Waals surface area contributed by atoms with E-state index < -0.39 is 12.0 Å². The van der Waals surface area contributed by atoms with Crippen molar-refractivity contribution in [2.24, 2.45) is 0 Å². The van der Waals surface area contributed by atoms with Gasteiger partial charge in [-0.05, 0) is 52.2 Å². The van der Waals surface area contributed by atoms with Gasteiger partial charge in [0.15, 0.2) is 0 Å². The van der Waals surface area contributed by atoms with Crippen LogP contribution in [-0.4, -0.2) is 47.4 Å². The molecule has 1 fully saturated rings. The normalized spacial score (nSPS) is 14.0. The Kier molecular flexibility index (Phi) is 7.02. The molecule has 0 spiro atoms. The molecule has 30 heavy (non-hydrogen) atoms. The van der Waals surface area contributed by atoms with Crippen LogP contribution in [0.2, 0.25) is 0 Å². The van der Waals surface area contributed by atoms with Gasteiger partial charge in [-0.25, -0.2) is 9.59 Å². The molecule has 9 nitrogen and oxygen atoms in total. The Balaban J connectivity index is 1.98. The van der Waals surface area contributed by atoms with Gasteiger partial charge in [-0.2, -0.15) is 0 Å². The second kappa shape index (κ2) is 9.69. The molecule has 164 valence electrons. The summed E-state index contributed by atoms with van der Waals surface area (Å²) in [6.07, 6.45) is 3.36. The first-order valence-electron chi connectivity index (χ1n) is 10.7. The molecule has 1 aliphatic rings. The number of amides is 2. The number of ether oxygens (including phenoxy) is 1. The number of nitrogens with zero attached hydrogens (tertiary/aromatic N) is 3. The van der Waals surface area contributed by atoms with Crippen LogP contribution in [0.3, 0.4) is 0 Å². The summed E-state index contributed by atoms with van der Waals surface area (Å²) in [7, 11) is 0. The van der Waals surface area contributed by atoms with Crippen molar-refractivity contribution in [1.29, 1.82) is 0 Å². The molecule has 2 aromatic rings. The third kappa shape index (κ3) is 4.44. The van der Waals surface area contributed by atoms with Crippen LogP contribution in [0.1, 0.15) is 40.0 Å². The number of aromatic nitrogens is 2. The van der Waals surface area contributed by atoms with Crippen molar-refractivity contribution in [3.8, 4) is 0 Å². The van der Waals surface area contributed by atoms with E-state index in [-0.39, 0.29) is 18.8 Å². The summed E-state index contributed by atoms with van der Waals surface area (Å²) in [6, 6.07) is 3.37. The van der Waals surface area contributed by atoms with E-state index in [4.69, 9.17) is 4.74 Å². The van der Waals surface area contributed by atoms with E-state index >= 15 is 0 Å². The van der Waals surface area contributed by atoms with E-state index in [0.29, 0.717) is 18.8 Å². The van der Waals surface area contributed by atoms with Crippen LogP contribution in [0.25, 0.3) is 11.0 Å². The number of hydrogen-bond acceptors (Lipinski definition) is 5. The summed E-state index contributed by atoms with van der Waals surface area (Å²) in [5.41, 5.74) is 3.11. The minimum atomic E-state index is -0.487. The molecular weight excluding hydrogens is 386 g/mol. The van der Waals surface area contributed by atoms with Crippen LogP contribution in [-0.2, 0) is 22.6 Å². The van der Waals surface area contributed by atoms with Crippen molar-refractivity contribution in [3.05, 3.63) is 22.6 Å². The first kappa shape index (κ1) is 21.7.